The number of piperidine rings is 1. The highest BCUT2D eigenvalue weighted by Crippen LogP contribution is 2.33. The van der Waals surface area contributed by atoms with Crippen LogP contribution in [-0.4, -0.2) is 53.1 Å². The van der Waals surface area contributed by atoms with Crippen LogP contribution < -0.4 is 9.46 Å². The van der Waals surface area contributed by atoms with Crippen LogP contribution in [0.4, 0.5) is 0 Å². The van der Waals surface area contributed by atoms with Crippen LogP contribution in [0.25, 0.3) is 0 Å². The van der Waals surface area contributed by atoms with Crippen LogP contribution in [0.2, 0.25) is 0 Å². The molecule has 0 spiro atoms. The summed E-state index contributed by atoms with van der Waals surface area (Å²) in [6.07, 6.45) is 2.89. The van der Waals surface area contributed by atoms with E-state index in [0.29, 0.717) is 43.8 Å². The minimum atomic E-state index is -3.60. The van der Waals surface area contributed by atoms with E-state index < -0.39 is 20.0 Å². The lowest BCUT2D eigenvalue weighted by molar-refractivity contribution is 0.274. The minimum absolute atomic E-state index is 0.147. The molecule has 1 aliphatic heterocycles. The Labute approximate surface area is 155 Å². The largest absolute Gasteiger partial charge is 0.497 e. The van der Waals surface area contributed by atoms with Crippen molar-refractivity contribution in [2.75, 3.05) is 26.7 Å². The van der Waals surface area contributed by atoms with Gasteiger partial charge in [-0.25, -0.2) is 25.9 Å². The van der Waals surface area contributed by atoms with Gasteiger partial charge in [-0.3, -0.25) is 0 Å². The molecule has 1 heterocycles. The number of ether oxygens (including phenoxy) is 1. The zero-order valence-corrected chi connectivity index (χ0v) is 16.8. The van der Waals surface area contributed by atoms with Gasteiger partial charge in [-0.2, -0.15) is 0 Å². The molecule has 1 aromatic rings. The summed E-state index contributed by atoms with van der Waals surface area (Å²) in [7, 11) is -5.19. The van der Waals surface area contributed by atoms with Crippen molar-refractivity contribution < 1.29 is 21.6 Å². The summed E-state index contributed by atoms with van der Waals surface area (Å²) in [6.45, 7) is 3.02. The number of aryl methyl sites for hydroxylation is 1. The third kappa shape index (κ3) is 4.21. The van der Waals surface area contributed by atoms with Gasteiger partial charge >= 0.3 is 0 Å². The van der Waals surface area contributed by atoms with E-state index >= 15 is 0 Å². The first-order valence-corrected chi connectivity index (χ1v) is 11.9. The van der Waals surface area contributed by atoms with Gasteiger partial charge in [0, 0.05) is 19.6 Å². The zero-order chi connectivity index (χ0) is 18.9. The predicted octanol–water partition coefficient (Wildman–Crippen LogP) is 1.49. The Hall–Kier alpha value is -1.16. The molecule has 0 amide bonds. The van der Waals surface area contributed by atoms with Crippen LogP contribution in [0.5, 0.6) is 5.75 Å². The molecule has 1 saturated heterocycles. The summed E-state index contributed by atoms with van der Waals surface area (Å²) in [5.41, 5.74) is 0.627. The molecule has 1 aromatic carbocycles. The van der Waals surface area contributed by atoms with E-state index in [1.165, 1.54) is 7.11 Å². The van der Waals surface area contributed by atoms with E-state index in [1.54, 1.807) is 29.4 Å². The van der Waals surface area contributed by atoms with Gasteiger partial charge in [-0.15, -0.1) is 0 Å². The fourth-order valence-corrected chi connectivity index (χ4v) is 6.51. The topological polar surface area (TPSA) is 92.8 Å². The van der Waals surface area contributed by atoms with Crippen LogP contribution in [0, 0.1) is 12.8 Å². The van der Waals surface area contributed by atoms with Crippen molar-refractivity contribution in [3.63, 3.8) is 0 Å². The van der Waals surface area contributed by atoms with Crippen molar-refractivity contribution in [2.45, 2.75) is 42.8 Å². The van der Waals surface area contributed by atoms with Crippen molar-refractivity contribution in [2.24, 2.45) is 5.92 Å². The highest BCUT2D eigenvalue weighted by Gasteiger charge is 2.41. The highest BCUT2D eigenvalue weighted by molar-refractivity contribution is 7.90. The lowest BCUT2D eigenvalue weighted by Gasteiger charge is -2.31. The van der Waals surface area contributed by atoms with E-state index in [9.17, 15) is 16.8 Å². The van der Waals surface area contributed by atoms with Gasteiger partial charge < -0.3 is 4.74 Å². The number of sulfonamides is 2. The molecule has 1 aliphatic carbocycles. The number of benzene rings is 1. The Morgan fingerprint density at radius 2 is 1.77 bits per heavy atom. The molecule has 2 fully saturated rings. The molecule has 0 radical (unpaired) electrons. The van der Waals surface area contributed by atoms with E-state index in [-0.39, 0.29) is 16.1 Å². The normalized spacial score (nSPS) is 20.2. The molecule has 2 aliphatic rings. The third-order valence-electron chi connectivity index (χ3n) is 5.11. The van der Waals surface area contributed by atoms with Gasteiger partial charge in [0.15, 0.2) is 0 Å². The van der Waals surface area contributed by atoms with Crippen molar-refractivity contribution in [3.8, 4) is 5.75 Å². The van der Waals surface area contributed by atoms with Gasteiger partial charge in [0.25, 0.3) is 0 Å². The Bertz CT molecular complexity index is 855. The predicted molar refractivity (Wildman–Crippen MR) is 99.2 cm³/mol. The second kappa shape index (κ2) is 7.46. The smallest absolute Gasteiger partial charge is 0.240 e. The number of methoxy groups -OCH3 is 1. The summed E-state index contributed by atoms with van der Waals surface area (Å²) in [5, 5.41) is -0.185. The SMILES string of the molecule is COc1ccc(S(=O)(=O)NCC2CCN(S(=O)(=O)C3CC3)CC2)c(C)c1. The highest BCUT2D eigenvalue weighted by atomic mass is 32.2. The Morgan fingerprint density at radius 1 is 1.12 bits per heavy atom. The molecular formula is C17H26N2O5S2. The number of rotatable bonds is 7. The molecule has 0 bridgehead atoms. The second-order valence-corrected chi connectivity index (χ2v) is 11.0. The van der Waals surface area contributed by atoms with E-state index in [0.717, 1.165) is 12.8 Å². The molecule has 0 unspecified atom stereocenters. The average molecular weight is 403 g/mol. The minimum Gasteiger partial charge on any atom is -0.497 e. The molecule has 1 saturated carbocycles. The fraction of sp³-hybridized carbons (Fsp3) is 0.647. The van der Waals surface area contributed by atoms with Crippen LogP contribution in [-0.2, 0) is 20.0 Å². The zero-order valence-electron chi connectivity index (χ0n) is 15.1. The molecule has 146 valence electrons. The second-order valence-electron chi connectivity index (χ2n) is 7.07. The molecular weight excluding hydrogens is 376 g/mol. The van der Waals surface area contributed by atoms with Crippen molar-refractivity contribution in [1.29, 1.82) is 0 Å². The molecule has 0 aromatic heterocycles. The first-order valence-electron chi connectivity index (χ1n) is 8.87. The van der Waals surface area contributed by atoms with Gasteiger partial charge in [0.1, 0.15) is 5.75 Å². The lowest BCUT2D eigenvalue weighted by Crippen LogP contribution is -2.42. The standard InChI is InChI=1S/C17H26N2O5S2/c1-13-11-15(24-2)3-6-17(13)25(20,21)18-12-14-7-9-19(10-8-14)26(22,23)16-4-5-16/h3,6,11,14,16,18H,4-5,7-10,12H2,1-2H3. The number of nitrogens with one attached hydrogen (secondary N) is 1. The maximum atomic E-state index is 12.6. The average Bonchev–Trinajstić information content (AvgIpc) is 3.45. The van der Waals surface area contributed by atoms with Gasteiger partial charge in [-0.1, -0.05) is 0 Å². The summed E-state index contributed by atoms with van der Waals surface area (Å²) in [4.78, 5) is 0.243. The van der Waals surface area contributed by atoms with Crippen LogP contribution in [0.1, 0.15) is 31.2 Å². The van der Waals surface area contributed by atoms with Crippen molar-refractivity contribution >= 4 is 20.0 Å². The number of hydrogen-bond donors (Lipinski definition) is 1. The van der Waals surface area contributed by atoms with Gasteiger partial charge in [0.05, 0.1) is 17.3 Å². The molecule has 1 N–H and O–H groups in total. The quantitative estimate of drug-likeness (QED) is 0.746. The molecule has 9 heteroatoms. The third-order valence-corrected chi connectivity index (χ3v) is 9.10. The summed E-state index contributed by atoms with van der Waals surface area (Å²) in [6, 6.07) is 4.86. The Kier molecular flexibility index (Phi) is 5.62. The maximum Gasteiger partial charge on any atom is 0.240 e. The van der Waals surface area contributed by atoms with Crippen LogP contribution in [0.15, 0.2) is 23.1 Å². The first kappa shape index (κ1) is 19.6. The summed E-state index contributed by atoms with van der Waals surface area (Å²) < 4.78 is 59.0. The molecule has 26 heavy (non-hydrogen) atoms. The number of hydrogen-bond acceptors (Lipinski definition) is 5. The Balaban J connectivity index is 1.56. The van der Waals surface area contributed by atoms with Gasteiger partial charge in [0.2, 0.25) is 20.0 Å². The monoisotopic (exact) mass is 402 g/mol. The first-order chi connectivity index (χ1) is 12.2. The van der Waals surface area contributed by atoms with Crippen LogP contribution >= 0.6 is 0 Å². The molecule has 3 rings (SSSR count). The molecule has 7 nitrogen and oxygen atoms in total. The van der Waals surface area contributed by atoms with Gasteiger partial charge in [-0.05, 0) is 62.3 Å². The van der Waals surface area contributed by atoms with E-state index in [4.69, 9.17) is 4.74 Å². The summed E-state index contributed by atoms with van der Waals surface area (Å²) in [5.74, 6) is 0.764. The Morgan fingerprint density at radius 3 is 2.31 bits per heavy atom. The molecule has 0 atom stereocenters. The van der Waals surface area contributed by atoms with E-state index in [1.807, 2.05) is 0 Å². The number of nitrogens with zero attached hydrogens (tertiary/aromatic N) is 1. The fourth-order valence-electron chi connectivity index (χ4n) is 3.30. The van der Waals surface area contributed by atoms with Crippen molar-refractivity contribution in [1.82, 2.24) is 9.03 Å². The van der Waals surface area contributed by atoms with Crippen LogP contribution in [0.3, 0.4) is 0 Å². The van der Waals surface area contributed by atoms with Crippen molar-refractivity contribution in [3.05, 3.63) is 23.8 Å². The van der Waals surface area contributed by atoms with E-state index in [2.05, 4.69) is 4.72 Å². The summed E-state index contributed by atoms with van der Waals surface area (Å²) >= 11 is 0. The lowest BCUT2D eigenvalue weighted by atomic mass is 9.99. The maximum absolute atomic E-state index is 12.6.